The molecule has 0 radical (unpaired) electrons. The van der Waals surface area contributed by atoms with E-state index in [1.807, 2.05) is 54.6 Å². The van der Waals surface area contributed by atoms with Crippen LogP contribution in [0.5, 0.6) is 0 Å². The molecule has 1 saturated carbocycles. The number of anilines is 1. The molecule has 0 aliphatic heterocycles. The number of halogens is 1. The molecule has 1 fully saturated rings. The number of rotatable bonds is 6. The minimum Gasteiger partial charge on any atom is -0.309 e. The van der Waals surface area contributed by atoms with Crippen molar-refractivity contribution in [3.05, 3.63) is 75.6 Å². The van der Waals surface area contributed by atoms with Gasteiger partial charge in [0.25, 0.3) is 0 Å². The Hall–Kier alpha value is -2.28. The number of aromatic nitrogens is 2. The zero-order chi connectivity index (χ0) is 20.1. The molecule has 1 N–H and O–H groups in total. The number of carbonyl (C=O) groups is 1. The van der Waals surface area contributed by atoms with Crippen molar-refractivity contribution in [3.8, 4) is 11.3 Å². The fourth-order valence-corrected chi connectivity index (χ4v) is 4.23. The Kier molecular flexibility index (Phi) is 6.54. The third-order valence-electron chi connectivity index (χ3n) is 5.41. The van der Waals surface area contributed by atoms with Crippen LogP contribution in [0.25, 0.3) is 11.3 Å². The lowest BCUT2D eigenvalue weighted by molar-refractivity contribution is -0.115. The van der Waals surface area contributed by atoms with Crippen molar-refractivity contribution >= 4 is 34.3 Å². The van der Waals surface area contributed by atoms with E-state index in [4.69, 9.17) is 4.98 Å². The molecule has 1 aromatic heterocycles. The van der Waals surface area contributed by atoms with Crippen molar-refractivity contribution in [2.75, 3.05) is 5.32 Å². The van der Waals surface area contributed by atoms with Crippen molar-refractivity contribution < 1.29 is 4.79 Å². The van der Waals surface area contributed by atoms with Gasteiger partial charge in [0.2, 0.25) is 5.91 Å². The lowest BCUT2D eigenvalue weighted by Crippen LogP contribution is -2.18. The quantitative estimate of drug-likeness (QED) is 0.447. The Morgan fingerprint density at radius 3 is 2.48 bits per heavy atom. The van der Waals surface area contributed by atoms with Crippen molar-refractivity contribution in [2.24, 2.45) is 5.92 Å². The van der Waals surface area contributed by atoms with Crippen LogP contribution in [0, 0.1) is 9.49 Å². The highest BCUT2D eigenvalue weighted by Gasteiger charge is 2.20. The maximum absolute atomic E-state index is 12.6. The highest BCUT2D eigenvalue weighted by Crippen LogP contribution is 2.30. The topological polar surface area (TPSA) is 54.9 Å². The molecule has 1 aliphatic rings. The van der Waals surface area contributed by atoms with E-state index in [2.05, 4.69) is 32.9 Å². The second kappa shape index (κ2) is 9.48. The molecule has 0 spiro atoms. The molecule has 0 unspecified atom stereocenters. The Balaban J connectivity index is 1.55. The molecule has 29 heavy (non-hydrogen) atoms. The van der Waals surface area contributed by atoms with Gasteiger partial charge in [-0.3, -0.25) is 4.79 Å². The second-order valence-electron chi connectivity index (χ2n) is 7.62. The summed E-state index contributed by atoms with van der Waals surface area (Å²) >= 11 is 2.27. The molecule has 5 heteroatoms. The fourth-order valence-electron chi connectivity index (χ4n) is 3.87. The van der Waals surface area contributed by atoms with Crippen molar-refractivity contribution in [1.82, 2.24) is 9.97 Å². The van der Waals surface area contributed by atoms with Gasteiger partial charge in [0, 0.05) is 9.13 Å². The standard InChI is InChI=1S/C24H24IN3O/c25-20-12-10-18(11-13-20)15-23(29)28-24-21(14-17-6-4-5-7-17)27-22(16-26-24)19-8-2-1-3-9-19/h1-3,8-13,16-17H,4-7,14-15H2,(H,26,28,29). The molecule has 1 heterocycles. The van der Waals surface area contributed by atoms with E-state index in [0.29, 0.717) is 18.2 Å². The summed E-state index contributed by atoms with van der Waals surface area (Å²) in [6.45, 7) is 0. The number of hydrogen-bond donors (Lipinski definition) is 1. The molecular weight excluding hydrogens is 473 g/mol. The van der Waals surface area contributed by atoms with Crippen LogP contribution in [0.1, 0.15) is 36.9 Å². The molecule has 1 amide bonds. The summed E-state index contributed by atoms with van der Waals surface area (Å²) in [5, 5.41) is 3.01. The van der Waals surface area contributed by atoms with Gasteiger partial charge in [-0.05, 0) is 52.6 Å². The lowest BCUT2D eigenvalue weighted by Gasteiger charge is -2.14. The molecule has 148 valence electrons. The van der Waals surface area contributed by atoms with Crippen LogP contribution < -0.4 is 5.32 Å². The summed E-state index contributed by atoms with van der Waals surface area (Å²) in [6.07, 6.45) is 7.99. The van der Waals surface area contributed by atoms with Crippen LogP contribution in [0.4, 0.5) is 5.82 Å². The van der Waals surface area contributed by atoms with Crippen LogP contribution >= 0.6 is 22.6 Å². The van der Waals surface area contributed by atoms with E-state index in [1.165, 1.54) is 25.7 Å². The number of benzene rings is 2. The maximum Gasteiger partial charge on any atom is 0.229 e. The predicted molar refractivity (Wildman–Crippen MR) is 125 cm³/mol. The minimum atomic E-state index is -0.0550. The van der Waals surface area contributed by atoms with Crippen LogP contribution in [-0.4, -0.2) is 15.9 Å². The molecule has 2 aromatic carbocycles. The first-order chi connectivity index (χ1) is 14.2. The normalized spacial score (nSPS) is 14.1. The molecule has 0 bridgehead atoms. The van der Waals surface area contributed by atoms with Gasteiger partial charge in [0.05, 0.1) is 24.0 Å². The average Bonchev–Trinajstić information content (AvgIpc) is 3.25. The Morgan fingerprint density at radius 1 is 1.03 bits per heavy atom. The SMILES string of the molecule is O=C(Cc1ccc(I)cc1)Nc1ncc(-c2ccccc2)nc1CC1CCCC1. The Bertz CT molecular complexity index is 967. The summed E-state index contributed by atoms with van der Waals surface area (Å²) in [5.74, 6) is 1.18. The third-order valence-corrected chi connectivity index (χ3v) is 6.13. The van der Waals surface area contributed by atoms with E-state index in [-0.39, 0.29) is 5.91 Å². The Labute approximate surface area is 185 Å². The van der Waals surface area contributed by atoms with E-state index in [0.717, 1.165) is 32.5 Å². The second-order valence-corrected chi connectivity index (χ2v) is 8.87. The van der Waals surface area contributed by atoms with Crippen LogP contribution in [0.15, 0.2) is 60.8 Å². The van der Waals surface area contributed by atoms with Gasteiger partial charge in [-0.1, -0.05) is 68.1 Å². The third kappa shape index (κ3) is 5.41. The summed E-state index contributed by atoms with van der Waals surface area (Å²) in [6, 6.07) is 18.1. The molecule has 4 rings (SSSR count). The summed E-state index contributed by atoms with van der Waals surface area (Å²) in [7, 11) is 0. The largest absolute Gasteiger partial charge is 0.309 e. The van der Waals surface area contributed by atoms with E-state index >= 15 is 0 Å². The highest BCUT2D eigenvalue weighted by molar-refractivity contribution is 14.1. The fraction of sp³-hybridized carbons (Fsp3) is 0.292. The number of carbonyl (C=O) groups excluding carboxylic acids is 1. The first-order valence-corrected chi connectivity index (χ1v) is 11.2. The monoisotopic (exact) mass is 497 g/mol. The molecule has 0 atom stereocenters. The zero-order valence-electron chi connectivity index (χ0n) is 16.3. The molecule has 4 nitrogen and oxygen atoms in total. The number of nitrogens with zero attached hydrogens (tertiary/aromatic N) is 2. The highest BCUT2D eigenvalue weighted by atomic mass is 127. The zero-order valence-corrected chi connectivity index (χ0v) is 18.4. The van der Waals surface area contributed by atoms with Crippen molar-refractivity contribution in [1.29, 1.82) is 0 Å². The number of amides is 1. The van der Waals surface area contributed by atoms with E-state index in [9.17, 15) is 4.79 Å². The number of hydrogen-bond acceptors (Lipinski definition) is 3. The first kappa shape index (κ1) is 20.0. The van der Waals surface area contributed by atoms with Gasteiger partial charge in [-0.15, -0.1) is 0 Å². The summed E-state index contributed by atoms with van der Waals surface area (Å²) in [5.41, 5.74) is 3.79. The van der Waals surface area contributed by atoms with Crippen molar-refractivity contribution in [3.63, 3.8) is 0 Å². The summed E-state index contributed by atoms with van der Waals surface area (Å²) in [4.78, 5) is 22.1. The lowest BCUT2D eigenvalue weighted by atomic mass is 10.0. The Morgan fingerprint density at radius 2 is 1.76 bits per heavy atom. The molecular formula is C24H24IN3O. The number of nitrogens with one attached hydrogen (secondary N) is 1. The van der Waals surface area contributed by atoms with Gasteiger partial charge < -0.3 is 5.32 Å². The average molecular weight is 497 g/mol. The van der Waals surface area contributed by atoms with Gasteiger partial charge >= 0.3 is 0 Å². The van der Waals surface area contributed by atoms with E-state index in [1.54, 1.807) is 6.20 Å². The molecule has 1 aliphatic carbocycles. The summed E-state index contributed by atoms with van der Waals surface area (Å²) < 4.78 is 1.16. The molecule has 0 saturated heterocycles. The van der Waals surface area contributed by atoms with Crippen LogP contribution in [-0.2, 0) is 17.6 Å². The predicted octanol–water partition coefficient (Wildman–Crippen LogP) is 5.66. The molecule has 3 aromatic rings. The maximum atomic E-state index is 12.6. The van der Waals surface area contributed by atoms with Gasteiger partial charge in [0.1, 0.15) is 0 Å². The first-order valence-electron chi connectivity index (χ1n) is 10.1. The van der Waals surface area contributed by atoms with Gasteiger partial charge in [-0.2, -0.15) is 0 Å². The van der Waals surface area contributed by atoms with Gasteiger partial charge in [-0.25, -0.2) is 9.97 Å². The van der Waals surface area contributed by atoms with Crippen molar-refractivity contribution in [2.45, 2.75) is 38.5 Å². The van der Waals surface area contributed by atoms with E-state index < -0.39 is 0 Å². The smallest absolute Gasteiger partial charge is 0.229 e. The van der Waals surface area contributed by atoms with Gasteiger partial charge in [0.15, 0.2) is 5.82 Å². The van der Waals surface area contributed by atoms with Crippen LogP contribution in [0.3, 0.4) is 0 Å². The van der Waals surface area contributed by atoms with Crippen LogP contribution in [0.2, 0.25) is 0 Å². The minimum absolute atomic E-state index is 0.0550.